The Bertz CT molecular complexity index is 631. The van der Waals surface area contributed by atoms with Crippen molar-refractivity contribution in [2.45, 2.75) is 32.4 Å². The molecule has 0 atom stereocenters. The van der Waals surface area contributed by atoms with Crippen LogP contribution in [0.2, 0.25) is 0 Å². The molecule has 1 fully saturated rings. The second-order valence-electron chi connectivity index (χ2n) is 5.64. The number of pyridine rings is 1. The fourth-order valence-corrected chi connectivity index (χ4v) is 2.69. The van der Waals surface area contributed by atoms with E-state index in [1.54, 1.807) is 0 Å². The molecule has 0 saturated heterocycles. The molecule has 1 heterocycles. The highest BCUT2D eigenvalue weighted by Crippen LogP contribution is 2.28. The first kappa shape index (κ1) is 14.1. The van der Waals surface area contributed by atoms with Crippen LogP contribution < -0.4 is 10.2 Å². The lowest BCUT2D eigenvalue weighted by molar-refractivity contribution is 0.689. The second-order valence-corrected chi connectivity index (χ2v) is 5.64. The second kappa shape index (κ2) is 6.27. The molecule has 3 rings (SSSR count). The van der Waals surface area contributed by atoms with Gasteiger partial charge in [-0.25, -0.2) is 4.98 Å². The number of hydrogen-bond acceptors (Lipinski definition) is 3. The van der Waals surface area contributed by atoms with E-state index < -0.39 is 0 Å². The molecule has 21 heavy (non-hydrogen) atoms. The number of nitrogens with one attached hydrogen (secondary N) is 1. The van der Waals surface area contributed by atoms with Gasteiger partial charge in [0.2, 0.25) is 0 Å². The Hall–Kier alpha value is -1.87. The van der Waals surface area contributed by atoms with Crippen LogP contribution in [0.3, 0.4) is 0 Å². The molecule has 1 N–H and O–H groups in total. The molecule has 0 bridgehead atoms. The highest BCUT2D eigenvalue weighted by Gasteiger charge is 2.20. The first-order valence-corrected chi connectivity index (χ1v) is 7.79. The van der Waals surface area contributed by atoms with Gasteiger partial charge >= 0.3 is 0 Å². The van der Waals surface area contributed by atoms with E-state index in [9.17, 15) is 0 Å². The zero-order valence-electron chi connectivity index (χ0n) is 12.7. The van der Waals surface area contributed by atoms with Crippen LogP contribution in [-0.4, -0.2) is 24.1 Å². The van der Waals surface area contributed by atoms with Gasteiger partial charge in [0.25, 0.3) is 0 Å². The number of rotatable bonds is 7. The summed E-state index contributed by atoms with van der Waals surface area (Å²) in [6, 6.07) is 9.29. The number of anilines is 1. The van der Waals surface area contributed by atoms with Gasteiger partial charge < -0.3 is 10.2 Å². The molecule has 110 valence electrons. The maximum absolute atomic E-state index is 4.73. The molecule has 3 heteroatoms. The predicted octanol–water partition coefficient (Wildman–Crippen LogP) is 3.50. The van der Waals surface area contributed by atoms with Crippen molar-refractivity contribution in [3.05, 3.63) is 48.7 Å². The van der Waals surface area contributed by atoms with E-state index in [0.29, 0.717) is 0 Å². The largest absolute Gasteiger partial charge is 0.353 e. The molecule has 1 aromatic carbocycles. The SMILES string of the molecule is C=CCN(CC)c1ncc(CNC2CC2)c2ccccc12. The maximum atomic E-state index is 4.73. The lowest BCUT2D eigenvalue weighted by Gasteiger charge is -2.22. The molecule has 1 saturated carbocycles. The third-order valence-electron chi connectivity index (χ3n) is 4.05. The summed E-state index contributed by atoms with van der Waals surface area (Å²) in [4.78, 5) is 6.99. The number of benzene rings is 1. The lowest BCUT2D eigenvalue weighted by atomic mass is 10.1. The Morgan fingerprint density at radius 1 is 1.33 bits per heavy atom. The summed E-state index contributed by atoms with van der Waals surface area (Å²) >= 11 is 0. The van der Waals surface area contributed by atoms with Crippen LogP contribution in [0, 0.1) is 0 Å². The van der Waals surface area contributed by atoms with Gasteiger partial charge in [-0.3, -0.25) is 0 Å². The molecule has 1 aromatic heterocycles. The van der Waals surface area contributed by atoms with Gasteiger partial charge in [0, 0.05) is 37.3 Å². The van der Waals surface area contributed by atoms with Crippen molar-refractivity contribution in [1.29, 1.82) is 0 Å². The minimum atomic E-state index is 0.719. The summed E-state index contributed by atoms with van der Waals surface area (Å²) < 4.78 is 0. The van der Waals surface area contributed by atoms with Gasteiger partial charge in [-0.15, -0.1) is 6.58 Å². The van der Waals surface area contributed by atoms with Crippen molar-refractivity contribution in [3.8, 4) is 0 Å². The first-order chi connectivity index (χ1) is 10.3. The highest BCUT2D eigenvalue weighted by atomic mass is 15.2. The molecule has 1 aliphatic rings. The fraction of sp³-hybridized carbons (Fsp3) is 0.389. The molecule has 0 unspecified atom stereocenters. The average Bonchev–Trinajstić information content (AvgIpc) is 3.35. The molecule has 3 nitrogen and oxygen atoms in total. The molecule has 1 aliphatic carbocycles. The van der Waals surface area contributed by atoms with Gasteiger partial charge in [0.05, 0.1) is 0 Å². The summed E-state index contributed by atoms with van der Waals surface area (Å²) in [5.41, 5.74) is 1.29. The number of hydrogen-bond donors (Lipinski definition) is 1. The molecule has 0 radical (unpaired) electrons. The monoisotopic (exact) mass is 281 g/mol. The zero-order chi connectivity index (χ0) is 14.7. The van der Waals surface area contributed by atoms with Crippen LogP contribution in [0.4, 0.5) is 5.82 Å². The Morgan fingerprint density at radius 3 is 2.76 bits per heavy atom. The number of fused-ring (bicyclic) bond motifs is 1. The van der Waals surface area contributed by atoms with Crippen LogP contribution in [0.1, 0.15) is 25.3 Å². The van der Waals surface area contributed by atoms with Gasteiger partial charge in [0.1, 0.15) is 5.82 Å². The van der Waals surface area contributed by atoms with Crippen molar-refractivity contribution in [3.63, 3.8) is 0 Å². The smallest absolute Gasteiger partial charge is 0.136 e. The third-order valence-corrected chi connectivity index (χ3v) is 4.05. The van der Waals surface area contributed by atoms with Crippen molar-refractivity contribution < 1.29 is 0 Å². The van der Waals surface area contributed by atoms with Crippen molar-refractivity contribution in [1.82, 2.24) is 10.3 Å². The van der Waals surface area contributed by atoms with E-state index in [-0.39, 0.29) is 0 Å². The average molecular weight is 281 g/mol. The summed E-state index contributed by atoms with van der Waals surface area (Å²) in [5.74, 6) is 1.06. The van der Waals surface area contributed by atoms with Crippen molar-refractivity contribution >= 4 is 16.6 Å². The Balaban J connectivity index is 1.98. The lowest BCUT2D eigenvalue weighted by Crippen LogP contribution is -2.24. The van der Waals surface area contributed by atoms with Gasteiger partial charge in [-0.2, -0.15) is 0 Å². The highest BCUT2D eigenvalue weighted by molar-refractivity contribution is 5.94. The van der Waals surface area contributed by atoms with Crippen molar-refractivity contribution in [2.24, 2.45) is 0 Å². The predicted molar refractivity (Wildman–Crippen MR) is 89.7 cm³/mol. The van der Waals surface area contributed by atoms with E-state index in [4.69, 9.17) is 4.98 Å². The Morgan fingerprint density at radius 2 is 2.10 bits per heavy atom. The van der Waals surface area contributed by atoms with E-state index in [2.05, 4.69) is 48.0 Å². The summed E-state index contributed by atoms with van der Waals surface area (Å²) in [6.45, 7) is 8.67. The summed E-state index contributed by atoms with van der Waals surface area (Å²) in [5, 5.41) is 6.12. The van der Waals surface area contributed by atoms with Crippen LogP contribution in [0.5, 0.6) is 0 Å². The molecule has 0 spiro atoms. The van der Waals surface area contributed by atoms with Crippen LogP contribution in [0.25, 0.3) is 10.8 Å². The molecular formula is C18H23N3. The van der Waals surface area contributed by atoms with E-state index in [0.717, 1.165) is 31.5 Å². The maximum Gasteiger partial charge on any atom is 0.136 e. The van der Waals surface area contributed by atoms with Crippen LogP contribution in [0.15, 0.2) is 43.1 Å². The Kier molecular flexibility index (Phi) is 4.20. The standard InChI is InChI=1S/C18H23N3/c1-3-11-21(4-2)18-17-8-6-5-7-16(17)14(13-20-18)12-19-15-9-10-15/h3,5-8,13,15,19H,1,4,9-12H2,2H3. The van der Waals surface area contributed by atoms with E-state index in [1.807, 2.05) is 12.3 Å². The van der Waals surface area contributed by atoms with Crippen molar-refractivity contribution in [2.75, 3.05) is 18.0 Å². The fourth-order valence-electron chi connectivity index (χ4n) is 2.69. The quantitative estimate of drug-likeness (QED) is 0.787. The minimum absolute atomic E-state index is 0.719. The normalized spacial score (nSPS) is 14.3. The topological polar surface area (TPSA) is 28.2 Å². The van der Waals surface area contributed by atoms with E-state index >= 15 is 0 Å². The first-order valence-electron chi connectivity index (χ1n) is 7.79. The van der Waals surface area contributed by atoms with Gasteiger partial charge in [-0.1, -0.05) is 30.3 Å². The Labute approximate surface area is 126 Å². The molecule has 2 aromatic rings. The zero-order valence-corrected chi connectivity index (χ0v) is 12.7. The van der Waals surface area contributed by atoms with Crippen LogP contribution >= 0.6 is 0 Å². The third kappa shape index (κ3) is 3.08. The molecule has 0 aliphatic heterocycles. The number of likely N-dealkylation sites (N-methyl/N-ethyl adjacent to an activating group) is 1. The summed E-state index contributed by atoms with van der Waals surface area (Å²) in [7, 11) is 0. The van der Waals surface area contributed by atoms with E-state index in [1.165, 1.54) is 29.2 Å². The van der Waals surface area contributed by atoms with Gasteiger partial charge in [-0.05, 0) is 30.7 Å². The number of nitrogens with zero attached hydrogens (tertiary/aromatic N) is 2. The molecular weight excluding hydrogens is 258 g/mol. The minimum Gasteiger partial charge on any atom is -0.353 e. The summed E-state index contributed by atoms with van der Waals surface area (Å²) in [6.07, 6.45) is 6.58. The molecule has 0 amide bonds. The number of aromatic nitrogens is 1. The van der Waals surface area contributed by atoms with Gasteiger partial charge in [0.15, 0.2) is 0 Å². The van der Waals surface area contributed by atoms with Crippen LogP contribution in [-0.2, 0) is 6.54 Å².